The van der Waals surface area contributed by atoms with E-state index in [0.29, 0.717) is 8.58 Å². The van der Waals surface area contributed by atoms with E-state index < -0.39 is 0 Å². The molecule has 2 aromatic rings. The number of methoxy groups -OCH3 is 2. The molecule has 2 aromatic carbocycles. The SMILES string of the molecule is B.COc1ccccc1Pc1ccccc1OC. The van der Waals surface area contributed by atoms with E-state index in [4.69, 9.17) is 9.47 Å². The van der Waals surface area contributed by atoms with Crippen molar-refractivity contribution in [1.82, 2.24) is 0 Å². The first-order chi connectivity index (χ1) is 8.35. The topological polar surface area (TPSA) is 18.5 Å². The molecule has 0 fully saturated rings. The molecule has 0 aliphatic rings. The van der Waals surface area contributed by atoms with Gasteiger partial charge in [0.15, 0.2) is 0 Å². The molecule has 0 atom stereocenters. The lowest BCUT2D eigenvalue weighted by Crippen LogP contribution is -2.08. The molecule has 4 heteroatoms. The van der Waals surface area contributed by atoms with Crippen LogP contribution in [0.3, 0.4) is 0 Å². The van der Waals surface area contributed by atoms with Gasteiger partial charge >= 0.3 is 0 Å². The predicted molar refractivity (Wildman–Crippen MR) is 83.5 cm³/mol. The Bertz CT molecular complexity index is 457. The summed E-state index contributed by atoms with van der Waals surface area (Å²) in [6.07, 6.45) is 0. The van der Waals surface area contributed by atoms with Gasteiger partial charge in [0.25, 0.3) is 0 Å². The lowest BCUT2D eigenvalue weighted by Gasteiger charge is -2.11. The lowest BCUT2D eigenvalue weighted by atomic mass is 10.3. The normalized spacial score (nSPS) is 9.44. The van der Waals surface area contributed by atoms with Crippen LogP contribution in [-0.4, -0.2) is 22.6 Å². The van der Waals surface area contributed by atoms with Gasteiger partial charge in [-0.1, -0.05) is 45.0 Å². The number of ether oxygens (including phenoxy) is 2. The van der Waals surface area contributed by atoms with E-state index in [-0.39, 0.29) is 8.41 Å². The molecule has 18 heavy (non-hydrogen) atoms. The van der Waals surface area contributed by atoms with Crippen molar-refractivity contribution < 1.29 is 9.47 Å². The maximum atomic E-state index is 5.36. The summed E-state index contributed by atoms with van der Waals surface area (Å²) in [7, 11) is 3.94. The van der Waals surface area contributed by atoms with E-state index in [1.165, 1.54) is 10.6 Å². The molecule has 94 valence electrons. The van der Waals surface area contributed by atoms with Crippen molar-refractivity contribution >= 4 is 27.6 Å². The standard InChI is InChI=1S/C14H15O2P.BH3/c1-15-11-7-3-5-9-13(11)17-14-10-6-4-8-12(14)16-2;/h3-10,17H,1-2H3;1H3. The van der Waals surface area contributed by atoms with E-state index in [0.717, 1.165) is 11.5 Å². The van der Waals surface area contributed by atoms with Gasteiger partial charge in [-0.05, 0) is 12.1 Å². The summed E-state index contributed by atoms with van der Waals surface area (Å²) >= 11 is 0. The summed E-state index contributed by atoms with van der Waals surface area (Å²) in [6, 6.07) is 16.2. The Morgan fingerprint density at radius 2 is 1.11 bits per heavy atom. The van der Waals surface area contributed by atoms with Gasteiger partial charge in [-0.2, -0.15) is 0 Å². The molecule has 0 spiro atoms. The van der Waals surface area contributed by atoms with E-state index in [1.807, 2.05) is 36.4 Å². The maximum Gasteiger partial charge on any atom is 0.126 e. The number of hydrogen-bond acceptors (Lipinski definition) is 2. The van der Waals surface area contributed by atoms with Crippen molar-refractivity contribution in [3.63, 3.8) is 0 Å². The molecule has 0 saturated heterocycles. The fourth-order valence-corrected chi connectivity index (χ4v) is 2.91. The predicted octanol–water partition coefficient (Wildman–Crippen LogP) is 1.15. The highest BCUT2D eigenvalue weighted by Gasteiger charge is 2.06. The van der Waals surface area contributed by atoms with Crippen LogP contribution < -0.4 is 20.1 Å². The van der Waals surface area contributed by atoms with Gasteiger partial charge in [-0.3, -0.25) is 0 Å². The first-order valence-corrected chi connectivity index (χ1v) is 6.38. The van der Waals surface area contributed by atoms with Crippen LogP contribution in [0.25, 0.3) is 0 Å². The molecule has 0 bridgehead atoms. The second-order valence-corrected chi connectivity index (χ2v) is 4.85. The van der Waals surface area contributed by atoms with Gasteiger partial charge in [0.2, 0.25) is 0 Å². The molecule has 2 nitrogen and oxygen atoms in total. The zero-order valence-corrected chi connectivity index (χ0v) is 10.9. The van der Waals surface area contributed by atoms with Crippen LogP contribution in [0.2, 0.25) is 0 Å². The molecular weight excluding hydrogens is 242 g/mol. The molecule has 0 heterocycles. The number of rotatable bonds is 4. The van der Waals surface area contributed by atoms with Gasteiger partial charge in [-0.25, -0.2) is 0 Å². The summed E-state index contributed by atoms with van der Waals surface area (Å²) in [5.74, 6) is 1.86. The van der Waals surface area contributed by atoms with Gasteiger partial charge in [0.05, 0.1) is 22.6 Å². The zero-order chi connectivity index (χ0) is 12.1. The highest BCUT2D eigenvalue weighted by atomic mass is 31.1. The first kappa shape index (κ1) is 14.6. The Labute approximate surface area is 112 Å². The maximum absolute atomic E-state index is 5.36. The molecule has 0 radical (unpaired) electrons. The van der Waals surface area contributed by atoms with Crippen molar-refractivity contribution in [2.45, 2.75) is 0 Å². The molecule has 0 N–H and O–H groups in total. The van der Waals surface area contributed by atoms with Gasteiger partial charge < -0.3 is 9.47 Å². The molecule has 2 rings (SSSR count). The Kier molecular flexibility index (Phi) is 5.74. The lowest BCUT2D eigenvalue weighted by molar-refractivity contribution is 0.417. The molecule has 0 aromatic heterocycles. The third-order valence-corrected chi connectivity index (χ3v) is 3.85. The first-order valence-electron chi connectivity index (χ1n) is 5.38. The van der Waals surface area contributed by atoms with E-state index in [2.05, 4.69) is 12.1 Å². The number of hydrogen-bond donors (Lipinski definition) is 0. The van der Waals surface area contributed by atoms with Crippen LogP contribution in [0.15, 0.2) is 48.5 Å². The average molecular weight is 260 g/mol. The zero-order valence-electron chi connectivity index (χ0n) is 9.94. The third kappa shape index (κ3) is 3.27. The third-order valence-electron chi connectivity index (χ3n) is 2.48. The number of benzene rings is 2. The van der Waals surface area contributed by atoms with E-state index in [9.17, 15) is 0 Å². The van der Waals surface area contributed by atoms with Gasteiger partial charge in [0.1, 0.15) is 11.5 Å². The van der Waals surface area contributed by atoms with Gasteiger partial charge in [-0.15, -0.1) is 0 Å². The fraction of sp³-hybridized carbons (Fsp3) is 0.143. The average Bonchev–Trinajstić information content (AvgIpc) is 2.40. The minimum Gasteiger partial charge on any atom is -0.496 e. The molecular formula is C14H18BO2P. The van der Waals surface area contributed by atoms with Crippen LogP contribution in [0, 0.1) is 0 Å². The Hall–Kier alpha value is -1.47. The molecule has 0 unspecified atom stereocenters. The second-order valence-electron chi connectivity index (χ2n) is 3.53. The monoisotopic (exact) mass is 260 g/mol. The highest BCUT2D eigenvalue weighted by molar-refractivity contribution is 7.56. The van der Waals surface area contributed by atoms with Crippen molar-refractivity contribution in [2.75, 3.05) is 14.2 Å². The van der Waals surface area contributed by atoms with Crippen molar-refractivity contribution in [1.29, 1.82) is 0 Å². The van der Waals surface area contributed by atoms with Crippen LogP contribution in [0.4, 0.5) is 0 Å². The molecule has 0 aliphatic carbocycles. The van der Waals surface area contributed by atoms with Crippen molar-refractivity contribution in [3.8, 4) is 11.5 Å². The smallest absolute Gasteiger partial charge is 0.126 e. The van der Waals surface area contributed by atoms with Crippen molar-refractivity contribution in [3.05, 3.63) is 48.5 Å². The second kappa shape index (κ2) is 7.08. The Morgan fingerprint density at radius 1 is 0.722 bits per heavy atom. The molecule has 0 saturated carbocycles. The fourth-order valence-electron chi connectivity index (χ4n) is 1.64. The minimum absolute atomic E-state index is 0. The minimum atomic E-state index is 0. The molecule has 0 amide bonds. The summed E-state index contributed by atoms with van der Waals surface area (Å²) < 4.78 is 10.7. The largest absolute Gasteiger partial charge is 0.496 e. The summed E-state index contributed by atoms with van der Waals surface area (Å²) in [5.41, 5.74) is 0. The van der Waals surface area contributed by atoms with Crippen LogP contribution in [0.5, 0.6) is 11.5 Å². The summed E-state index contributed by atoms with van der Waals surface area (Å²) in [4.78, 5) is 0. The van der Waals surface area contributed by atoms with Gasteiger partial charge in [0, 0.05) is 10.6 Å². The van der Waals surface area contributed by atoms with E-state index >= 15 is 0 Å². The van der Waals surface area contributed by atoms with Crippen LogP contribution in [0.1, 0.15) is 0 Å². The quantitative estimate of drug-likeness (QED) is 0.606. The Balaban J connectivity index is 0.00000162. The molecule has 0 aliphatic heterocycles. The van der Waals surface area contributed by atoms with Crippen molar-refractivity contribution in [2.24, 2.45) is 0 Å². The number of para-hydroxylation sites is 2. The van der Waals surface area contributed by atoms with Crippen LogP contribution >= 0.6 is 8.58 Å². The Morgan fingerprint density at radius 3 is 1.50 bits per heavy atom. The van der Waals surface area contributed by atoms with Crippen LogP contribution in [-0.2, 0) is 0 Å². The highest BCUT2D eigenvalue weighted by Crippen LogP contribution is 2.23. The summed E-state index contributed by atoms with van der Waals surface area (Å²) in [6.45, 7) is 0. The summed E-state index contributed by atoms with van der Waals surface area (Å²) in [5, 5.41) is 2.39. The van der Waals surface area contributed by atoms with E-state index in [1.54, 1.807) is 14.2 Å².